The number of ether oxygens (including phenoxy) is 1. The highest BCUT2D eigenvalue weighted by Crippen LogP contribution is 2.21. The van der Waals surface area contributed by atoms with Crippen molar-refractivity contribution in [3.63, 3.8) is 0 Å². The number of H-pyrrole nitrogens is 1. The molecule has 3 heteroatoms. The molecule has 1 heterocycles. The summed E-state index contributed by atoms with van der Waals surface area (Å²) in [5.74, 6) is 0.926. The average Bonchev–Trinajstić information content (AvgIpc) is 2.45. The molecule has 0 saturated heterocycles. The van der Waals surface area contributed by atoms with Gasteiger partial charge in [0.15, 0.2) is 5.75 Å². The van der Waals surface area contributed by atoms with Crippen LogP contribution in [0.3, 0.4) is 0 Å². The zero-order chi connectivity index (χ0) is 8.27. The van der Waals surface area contributed by atoms with Crippen molar-refractivity contribution >= 4 is 0 Å². The van der Waals surface area contributed by atoms with E-state index in [0.29, 0.717) is 0 Å². The van der Waals surface area contributed by atoms with Gasteiger partial charge in [0.2, 0.25) is 0 Å². The average molecular weight is 154 g/mol. The Balaban J connectivity index is 2.99. The van der Waals surface area contributed by atoms with E-state index in [0.717, 1.165) is 30.0 Å². The monoisotopic (exact) mass is 154 g/mol. The SMILES string of the molecule is CCc1n[nH]c(CC)c1OC. The quantitative estimate of drug-likeness (QED) is 0.717. The summed E-state index contributed by atoms with van der Waals surface area (Å²) < 4.78 is 5.20. The molecule has 62 valence electrons. The summed E-state index contributed by atoms with van der Waals surface area (Å²) in [6.45, 7) is 4.15. The van der Waals surface area contributed by atoms with Crippen LogP contribution < -0.4 is 4.74 Å². The van der Waals surface area contributed by atoms with Gasteiger partial charge in [0, 0.05) is 0 Å². The van der Waals surface area contributed by atoms with E-state index in [1.54, 1.807) is 7.11 Å². The van der Waals surface area contributed by atoms with Gasteiger partial charge in [0.25, 0.3) is 0 Å². The Morgan fingerprint density at radius 1 is 1.36 bits per heavy atom. The molecule has 0 fully saturated rings. The molecule has 0 aliphatic heterocycles. The minimum absolute atomic E-state index is 0.916. The van der Waals surface area contributed by atoms with Crippen LogP contribution >= 0.6 is 0 Å². The maximum absolute atomic E-state index is 5.20. The van der Waals surface area contributed by atoms with Crippen molar-refractivity contribution < 1.29 is 4.74 Å². The van der Waals surface area contributed by atoms with Crippen LogP contribution in [0.1, 0.15) is 25.2 Å². The molecule has 0 aromatic carbocycles. The Hall–Kier alpha value is -0.990. The van der Waals surface area contributed by atoms with Gasteiger partial charge in [-0.2, -0.15) is 5.10 Å². The van der Waals surface area contributed by atoms with E-state index in [2.05, 4.69) is 24.0 Å². The van der Waals surface area contributed by atoms with E-state index < -0.39 is 0 Å². The third-order valence-electron chi connectivity index (χ3n) is 1.75. The van der Waals surface area contributed by atoms with Crippen LogP contribution in [0.15, 0.2) is 0 Å². The summed E-state index contributed by atoms with van der Waals surface area (Å²) >= 11 is 0. The molecule has 0 radical (unpaired) electrons. The number of aromatic nitrogens is 2. The Kier molecular flexibility index (Phi) is 2.52. The third kappa shape index (κ3) is 1.37. The van der Waals surface area contributed by atoms with Gasteiger partial charge in [-0.1, -0.05) is 13.8 Å². The van der Waals surface area contributed by atoms with Gasteiger partial charge in [0.1, 0.15) is 5.69 Å². The lowest BCUT2D eigenvalue weighted by atomic mass is 10.2. The number of nitrogens with zero attached hydrogens (tertiary/aromatic N) is 1. The van der Waals surface area contributed by atoms with Gasteiger partial charge in [-0.15, -0.1) is 0 Å². The number of nitrogens with one attached hydrogen (secondary N) is 1. The highest BCUT2D eigenvalue weighted by Gasteiger charge is 2.09. The Morgan fingerprint density at radius 2 is 2.09 bits per heavy atom. The smallest absolute Gasteiger partial charge is 0.162 e. The van der Waals surface area contributed by atoms with Crippen molar-refractivity contribution in [2.24, 2.45) is 0 Å². The predicted octanol–water partition coefficient (Wildman–Crippen LogP) is 1.54. The molecule has 0 amide bonds. The van der Waals surface area contributed by atoms with Gasteiger partial charge >= 0.3 is 0 Å². The zero-order valence-corrected chi connectivity index (χ0v) is 7.27. The lowest BCUT2D eigenvalue weighted by Gasteiger charge is -1.99. The second kappa shape index (κ2) is 3.42. The molecule has 1 aromatic rings. The van der Waals surface area contributed by atoms with Crippen LogP contribution in [-0.2, 0) is 12.8 Å². The van der Waals surface area contributed by atoms with E-state index in [1.165, 1.54) is 0 Å². The Morgan fingerprint density at radius 3 is 2.55 bits per heavy atom. The van der Waals surface area contributed by atoms with E-state index in [-0.39, 0.29) is 0 Å². The van der Waals surface area contributed by atoms with Crippen LogP contribution in [0.5, 0.6) is 5.75 Å². The lowest BCUT2D eigenvalue weighted by Crippen LogP contribution is -1.90. The molecule has 1 N–H and O–H groups in total. The molecule has 1 rings (SSSR count). The van der Waals surface area contributed by atoms with Crippen LogP contribution in [0.25, 0.3) is 0 Å². The highest BCUT2D eigenvalue weighted by atomic mass is 16.5. The van der Waals surface area contributed by atoms with Gasteiger partial charge in [0.05, 0.1) is 12.8 Å². The topological polar surface area (TPSA) is 37.9 Å². The number of hydrogen-bond donors (Lipinski definition) is 1. The van der Waals surface area contributed by atoms with Crippen molar-refractivity contribution in [1.29, 1.82) is 0 Å². The van der Waals surface area contributed by atoms with Gasteiger partial charge in [-0.25, -0.2) is 0 Å². The summed E-state index contributed by atoms with van der Waals surface area (Å²) in [4.78, 5) is 0. The maximum Gasteiger partial charge on any atom is 0.162 e. The van der Waals surface area contributed by atoms with Crippen molar-refractivity contribution in [3.05, 3.63) is 11.4 Å². The molecule has 0 bridgehead atoms. The number of methoxy groups -OCH3 is 1. The molecule has 0 aliphatic carbocycles. The first-order valence-electron chi connectivity index (χ1n) is 3.93. The van der Waals surface area contributed by atoms with Crippen molar-refractivity contribution in [1.82, 2.24) is 10.2 Å². The molecule has 0 aliphatic rings. The normalized spacial score (nSPS) is 10.1. The van der Waals surface area contributed by atoms with Crippen molar-refractivity contribution in [2.75, 3.05) is 7.11 Å². The molecule has 11 heavy (non-hydrogen) atoms. The van der Waals surface area contributed by atoms with E-state index >= 15 is 0 Å². The van der Waals surface area contributed by atoms with Crippen LogP contribution in [0.4, 0.5) is 0 Å². The summed E-state index contributed by atoms with van der Waals surface area (Å²) in [7, 11) is 1.68. The number of rotatable bonds is 3. The van der Waals surface area contributed by atoms with Crippen LogP contribution in [0, 0.1) is 0 Å². The fourth-order valence-corrected chi connectivity index (χ4v) is 1.13. The fourth-order valence-electron chi connectivity index (χ4n) is 1.13. The first-order valence-corrected chi connectivity index (χ1v) is 3.93. The second-order valence-corrected chi connectivity index (χ2v) is 2.39. The van der Waals surface area contributed by atoms with Gasteiger partial charge in [-0.05, 0) is 12.8 Å². The fraction of sp³-hybridized carbons (Fsp3) is 0.625. The predicted molar refractivity (Wildman–Crippen MR) is 43.9 cm³/mol. The first kappa shape index (κ1) is 8.11. The molecule has 0 spiro atoms. The van der Waals surface area contributed by atoms with Gasteiger partial charge in [-0.3, -0.25) is 5.10 Å². The number of aryl methyl sites for hydroxylation is 2. The molecule has 0 saturated carbocycles. The lowest BCUT2D eigenvalue weighted by molar-refractivity contribution is 0.405. The summed E-state index contributed by atoms with van der Waals surface area (Å²) in [5, 5.41) is 7.08. The molecule has 0 atom stereocenters. The zero-order valence-electron chi connectivity index (χ0n) is 7.27. The Labute approximate surface area is 66.8 Å². The molecule has 1 aromatic heterocycles. The highest BCUT2D eigenvalue weighted by molar-refractivity contribution is 5.32. The van der Waals surface area contributed by atoms with Crippen molar-refractivity contribution in [3.8, 4) is 5.75 Å². The minimum Gasteiger partial charge on any atom is -0.493 e. The van der Waals surface area contributed by atoms with E-state index in [9.17, 15) is 0 Å². The van der Waals surface area contributed by atoms with Gasteiger partial charge < -0.3 is 4.74 Å². The second-order valence-electron chi connectivity index (χ2n) is 2.39. The van der Waals surface area contributed by atoms with Crippen LogP contribution in [0.2, 0.25) is 0 Å². The van der Waals surface area contributed by atoms with Crippen LogP contribution in [-0.4, -0.2) is 17.3 Å². The third-order valence-corrected chi connectivity index (χ3v) is 1.75. The minimum atomic E-state index is 0.916. The summed E-state index contributed by atoms with van der Waals surface area (Å²) in [5.41, 5.74) is 2.11. The summed E-state index contributed by atoms with van der Waals surface area (Å²) in [6, 6.07) is 0. The largest absolute Gasteiger partial charge is 0.493 e. The first-order chi connectivity index (χ1) is 5.33. The maximum atomic E-state index is 5.20. The van der Waals surface area contributed by atoms with E-state index in [1.807, 2.05) is 0 Å². The number of aromatic amines is 1. The molecular weight excluding hydrogens is 140 g/mol. The molecule has 3 nitrogen and oxygen atoms in total. The Bertz CT molecular complexity index is 208. The standard InChI is InChI=1S/C8H14N2O/c1-4-6-8(11-3)7(5-2)10-9-6/h4-5H2,1-3H3,(H,9,10). The number of hydrogen-bond acceptors (Lipinski definition) is 2. The molecular formula is C8H14N2O. The molecule has 0 unspecified atom stereocenters. The summed E-state index contributed by atoms with van der Waals surface area (Å²) in [6.07, 6.45) is 1.86. The van der Waals surface area contributed by atoms with Crippen molar-refractivity contribution in [2.45, 2.75) is 26.7 Å². The van der Waals surface area contributed by atoms with E-state index in [4.69, 9.17) is 4.74 Å².